The summed E-state index contributed by atoms with van der Waals surface area (Å²) < 4.78 is 7.53. The molecule has 2 aliphatic carbocycles. The molecule has 7 aromatic carbocycles. The van der Waals surface area contributed by atoms with Gasteiger partial charge in [0, 0.05) is 18.4 Å². The van der Waals surface area contributed by atoms with Gasteiger partial charge in [0.25, 0.3) is 8.32 Å². The maximum Gasteiger partial charge on any atom is 0.288 e. The highest BCUT2D eigenvalue weighted by molar-refractivity contribution is 7.07. The standard InChI is InChI=1S/C49H42OSi/c1-49(47-43-30-15-11-26-39(43)40-27-12-16-31-44(40)47,48-45-32-17-13-28-41(45)42-29-14-18-33-46(42)48)34-19-35-50-51(36-20-5-2-6-21-36,37-22-7-3-8-23-37)38-24-9-4-10-25-38/h2-18,20-33,47-48H,19,34-35H2,1H3. The third kappa shape index (κ3) is 5.16. The fraction of sp³-hybridized carbons (Fsp3) is 0.143. The molecule has 0 spiro atoms. The lowest BCUT2D eigenvalue weighted by Crippen LogP contribution is -2.69. The summed E-state index contributed by atoms with van der Waals surface area (Å²) in [6, 6.07) is 69.5. The molecule has 0 bridgehead atoms. The molecule has 0 radical (unpaired) electrons. The Kier molecular flexibility index (Phi) is 8.15. The highest BCUT2D eigenvalue weighted by atomic mass is 28.4. The van der Waals surface area contributed by atoms with Gasteiger partial charge < -0.3 is 4.43 Å². The van der Waals surface area contributed by atoms with E-state index in [-0.39, 0.29) is 17.3 Å². The molecule has 9 rings (SSSR count). The van der Waals surface area contributed by atoms with Gasteiger partial charge in [-0.25, -0.2) is 0 Å². The van der Waals surface area contributed by atoms with Crippen LogP contribution >= 0.6 is 0 Å². The monoisotopic (exact) mass is 674 g/mol. The van der Waals surface area contributed by atoms with Crippen molar-refractivity contribution in [2.24, 2.45) is 5.41 Å². The van der Waals surface area contributed by atoms with Crippen molar-refractivity contribution in [2.75, 3.05) is 6.61 Å². The van der Waals surface area contributed by atoms with Crippen molar-refractivity contribution >= 4 is 23.9 Å². The zero-order chi connectivity index (χ0) is 34.3. The van der Waals surface area contributed by atoms with Gasteiger partial charge in [0.1, 0.15) is 0 Å². The molecule has 0 amide bonds. The summed E-state index contributed by atoms with van der Waals surface area (Å²) in [7, 11) is -2.81. The molecule has 2 heteroatoms. The van der Waals surface area contributed by atoms with E-state index in [1.54, 1.807) is 0 Å². The van der Waals surface area contributed by atoms with E-state index in [2.05, 4.69) is 195 Å². The smallest absolute Gasteiger partial charge is 0.288 e. The van der Waals surface area contributed by atoms with Crippen LogP contribution in [0.2, 0.25) is 0 Å². The molecule has 0 aromatic heterocycles. The summed E-state index contributed by atoms with van der Waals surface area (Å²) in [6.07, 6.45) is 1.95. The van der Waals surface area contributed by atoms with Crippen LogP contribution < -0.4 is 15.6 Å². The van der Waals surface area contributed by atoms with Gasteiger partial charge in [-0.3, -0.25) is 0 Å². The summed E-state index contributed by atoms with van der Waals surface area (Å²) in [5.74, 6) is 0.488. The Morgan fingerprint density at radius 3 is 1.04 bits per heavy atom. The zero-order valence-electron chi connectivity index (χ0n) is 29.1. The molecular weight excluding hydrogens is 633 g/mol. The van der Waals surface area contributed by atoms with Gasteiger partial charge in [0.05, 0.1) is 0 Å². The first-order valence-electron chi connectivity index (χ1n) is 18.4. The maximum atomic E-state index is 7.53. The number of hydrogen-bond donors (Lipinski definition) is 0. The lowest BCUT2D eigenvalue weighted by molar-refractivity contribution is 0.197. The van der Waals surface area contributed by atoms with Crippen LogP contribution in [0.4, 0.5) is 0 Å². The maximum absolute atomic E-state index is 7.53. The van der Waals surface area contributed by atoms with Crippen molar-refractivity contribution in [3.05, 3.63) is 210 Å². The van der Waals surface area contributed by atoms with Gasteiger partial charge >= 0.3 is 0 Å². The Bertz CT molecular complexity index is 2010. The predicted molar refractivity (Wildman–Crippen MR) is 215 cm³/mol. The molecule has 0 fully saturated rings. The van der Waals surface area contributed by atoms with Crippen molar-refractivity contribution in [3.8, 4) is 22.3 Å². The first-order chi connectivity index (χ1) is 25.2. The molecule has 248 valence electrons. The normalized spacial score (nSPS) is 13.7. The van der Waals surface area contributed by atoms with Crippen molar-refractivity contribution < 1.29 is 4.43 Å². The molecule has 0 aliphatic heterocycles. The molecule has 0 atom stereocenters. The van der Waals surface area contributed by atoms with Crippen LogP contribution in [-0.2, 0) is 4.43 Å². The van der Waals surface area contributed by atoms with E-state index in [0.717, 1.165) is 12.8 Å². The quantitative estimate of drug-likeness (QED) is 0.0797. The number of benzene rings is 7. The molecule has 0 heterocycles. The van der Waals surface area contributed by atoms with Crippen LogP contribution in [-0.4, -0.2) is 14.9 Å². The van der Waals surface area contributed by atoms with E-state index in [0.29, 0.717) is 6.61 Å². The van der Waals surface area contributed by atoms with E-state index in [9.17, 15) is 0 Å². The second-order valence-electron chi connectivity index (χ2n) is 14.5. The van der Waals surface area contributed by atoms with Gasteiger partial charge in [-0.2, -0.15) is 0 Å². The fourth-order valence-electron chi connectivity index (χ4n) is 9.63. The van der Waals surface area contributed by atoms with Crippen molar-refractivity contribution in [2.45, 2.75) is 31.6 Å². The summed E-state index contributed by atoms with van der Waals surface area (Å²) >= 11 is 0. The number of rotatable bonds is 10. The summed E-state index contributed by atoms with van der Waals surface area (Å²) in [5, 5.41) is 3.84. The Morgan fingerprint density at radius 1 is 0.412 bits per heavy atom. The first kappa shape index (κ1) is 31.7. The molecule has 0 saturated heterocycles. The topological polar surface area (TPSA) is 9.23 Å². The lowest BCUT2D eigenvalue weighted by Gasteiger charge is -2.43. The molecule has 0 N–H and O–H groups in total. The SMILES string of the molecule is CC(CCCO[Si](c1ccccc1)(c1ccccc1)c1ccccc1)(C1c2ccccc2-c2ccccc21)C1c2ccccc2-c2ccccc21. The molecular formula is C49H42OSi. The van der Waals surface area contributed by atoms with Crippen molar-refractivity contribution in [1.82, 2.24) is 0 Å². The highest BCUT2D eigenvalue weighted by Gasteiger charge is 2.50. The molecule has 2 aliphatic rings. The largest absolute Gasteiger partial charge is 0.404 e. The Balaban J connectivity index is 1.15. The summed E-state index contributed by atoms with van der Waals surface area (Å²) in [4.78, 5) is 0. The van der Waals surface area contributed by atoms with Gasteiger partial charge in [-0.15, -0.1) is 0 Å². The number of fused-ring (bicyclic) bond motifs is 6. The average Bonchev–Trinajstić information content (AvgIpc) is 3.73. The molecule has 1 nitrogen and oxygen atoms in total. The van der Waals surface area contributed by atoms with E-state index in [1.807, 2.05) is 0 Å². The van der Waals surface area contributed by atoms with Crippen LogP contribution in [0.5, 0.6) is 0 Å². The molecule has 7 aromatic rings. The first-order valence-corrected chi connectivity index (χ1v) is 20.3. The summed E-state index contributed by atoms with van der Waals surface area (Å²) in [5.41, 5.74) is 11.2. The Labute approximate surface area is 303 Å². The second-order valence-corrected chi connectivity index (χ2v) is 17.8. The van der Waals surface area contributed by atoms with Gasteiger partial charge in [-0.1, -0.05) is 195 Å². The van der Waals surface area contributed by atoms with Crippen molar-refractivity contribution in [3.63, 3.8) is 0 Å². The van der Waals surface area contributed by atoms with Crippen molar-refractivity contribution in [1.29, 1.82) is 0 Å². The van der Waals surface area contributed by atoms with E-state index < -0.39 is 8.32 Å². The fourth-order valence-corrected chi connectivity index (χ4v) is 13.6. The Hall–Kier alpha value is -5.28. The third-order valence-electron chi connectivity index (χ3n) is 11.7. The number of hydrogen-bond acceptors (Lipinski definition) is 1. The van der Waals surface area contributed by atoms with Gasteiger partial charge in [0.15, 0.2) is 0 Å². The van der Waals surface area contributed by atoms with Crippen LogP contribution in [0.3, 0.4) is 0 Å². The van der Waals surface area contributed by atoms with E-state index in [1.165, 1.54) is 60.1 Å². The molecule has 0 unspecified atom stereocenters. The van der Waals surface area contributed by atoms with Crippen LogP contribution in [0.1, 0.15) is 53.9 Å². The second kappa shape index (κ2) is 13.1. The van der Waals surface area contributed by atoms with E-state index >= 15 is 0 Å². The van der Waals surface area contributed by atoms with Crippen LogP contribution in [0.15, 0.2) is 188 Å². The molecule has 51 heavy (non-hydrogen) atoms. The van der Waals surface area contributed by atoms with Gasteiger partial charge in [-0.05, 0) is 78.3 Å². The highest BCUT2D eigenvalue weighted by Crippen LogP contribution is 2.64. The van der Waals surface area contributed by atoms with Gasteiger partial charge in [0.2, 0.25) is 0 Å². The van der Waals surface area contributed by atoms with E-state index in [4.69, 9.17) is 4.43 Å². The zero-order valence-corrected chi connectivity index (χ0v) is 30.1. The summed E-state index contributed by atoms with van der Waals surface area (Å²) in [6.45, 7) is 3.25. The minimum absolute atomic E-state index is 0.134. The third-order valence-corrected chi connectivity index (χ3v) is 15.8. The Morgan fingerprint density at radius 2 is 0.706 bits per heavy atom. The minimum atomic E-state index is -2.81. The average molecular weight is 675 g/mol. The minimum Gasteiger partial charge on any atom is -0.404 e. The predicted octanol–water partition coefficient (Wildman–Crippen LogP) is 10.1. The van der Waals surface area contributed by atoms with Crippen LogP contribution in [0, 0.1) is 5.41 Å². The molecule has 0 saturated carbocycles. The lowest BCUT2D eigenvalue weighted by atomic mass is 9.60. The van der Waals surface area contributed by atoms with Crippen LogP contribution in [0.25, 0.3) is 22.3 Å².